The molecule has 4 nitrogen and oxygen atoms in total. The van der Waals surface area contributed by atoms with Crippen molar-refractivity contribution in [1.82, 2.24) is 9.88 Å². The predicted molar refractivity (Wildman–Crippen MR) is 95.5 cm³/mol. The van der Waals surface area contributed by atoms with Gasteiger partial charge in [-0.2, -0.15) is 13.2 Å². The number of carbonyl (C=O) groups excluding carboxylic acids is 1. The van der Waals surface area contributed by atoms with E-state index in [-0.39, 0.29) is 23.3 Å². The van der Waals surface area contributed by atoms with Crippen LogP contribution in [0.25, 0.3) is 0 Å². The van der Waals surface area contributed by atoms with E-state index >= 15 is 0 Å². The number of amides is 1. The number of alkyl halides is 3. The van der Waals surface area contributed by atoms with Crippen LogP contribution in [0.5, 0.6) is 5.88 Å². The van der Waals surface area contributed by atoms with E-state index in [1.807, 2.05) is 4.90 Å². The molecule has 0 aromatic carbocycles. The quantitative estimate of drug-likeness (QED) is 0.768. The lowest BCUT2D eigenvalue weighted by atomic mass is 9.49. The largest absolute Gasteiger partial charge is 0.472 e. The van der Waals surface area contributed by atoms with Gasteiger partial charge in [-0.3, -0.25) is 4.79 Å². The van der Waals surface area contributed by atoms with Crippen molar-refractivity contribution in [3.05, 3.63) is 23.9 Å². The summed E-state index contributed by atoms with van der Waals surface area (Å²) in [7, 11) is 0. The lowest BCUT2D eigenvalue weighted by Crippen LogP contribution is -2.54. The summed E-state index contributed by atoms with van der Waals surface area (Å²) in [6, 6.07) is 1.87. The molecule has 1 aromatic rings. The molecule has 0 radical (unpaired) electrons. The van der Waals surface area contributed by atoms with Crippen LogP contribution in [-0.2, 0) is 11.0 Å². The van der Waals surface area contributed by atoms with Crippen molar-refractivity contribution >= 4 is 5.91 Å². The van der Waals surface area contributed by atoms with Crippen LogP contribution in [0.1, 0.15) is 50.5 Å². The monoisotopic (exact) mass is 394 g/mol. The zero-order valence-corrected chi connectivity index (χ0v) is 15.8. The summed E-state index contributed by atoms with van der Waals surface area (Å²) < 4.78 is 44.3. The summed E-state index contributed by atoms with van der Waals surface area (Å²) in [5.74, 6) is 2.36. The normalized spacial score (nSPS) is 36.8. The van der Waals surface area contributed by atoms with E-state index in [9.17, 15) is 18.0 Å². The third-order valence-corrected chi connectivity index (χ3v) is 7.27. The molecule has 1 saturated heterocycles. The third-order valence-electron chi connectivity index (χ3n) is 7.27. The molecule has 152 valence electrons. The van der Waals surface area contributed by atoms with Crippen molar-refractivity contribution in [2.24, 2.45) is 23.2 Å². The standard InChI is InChI=1S/C21H25F3N2O2/c22-21(23,24)16-1-3-25-18(8-16)28-17-2-4-26(12-17)19(27)20-9-13-5-14(10-20)7-15(6-13)11-20/h1,3,8,13-15,17H,2,4-7,9-12H2. The highest BCUT2D eigenvalue weighted by Crippen LogP contribution is 2.60. The minimum Gasteiger partial charge on any atom is -0.472 e. The molecule has 4 bridgehead atoms. The third kappa shape index (κ3) is 3.16. The number of carbonyl (C=O) groups is 1. The van der Waals surface area contributed by atoms with E-state index in [1.165, 1.54) is 19.3 Å². The van der Waals surface area contributed by atoms with Crippen LogP contribution in [-0.4, -0.2) is 35.0 Å². The van der Waals surface area contributed by atoms with Crippen molar-refractivity contribution < 1.29 is 22.7 Å². The predicted octanol–water partition coefficient (Wildman–Crippen LogP) is 4.30. The Kier molecular flexibility index (Phi) is 4.14. The van der Waals surface area contributed by atoms with E-state index in [0.29, 0.717) is 37.3 Å². The molecular formula is C21H25F3N2O2. The number of hydrogen-bond acceptors (Lipinski definition) is 3. The maximum atomic E-state index is 13.4. The van der Waals surface area contributed by atoms with E-state index in [2.05, 4.69) is 4.98 Å². The molecule has 1 atom stereocenters. The van der Waals surface area contributed by atoms with Crippen molar-refractivity contribution in [2.45, 2.75) is 57.2 Å². The van der Waals surface area contributed by atoms with Gasteiger partial charge < -0.3 is 9.64 Å². The average Bonchev–Trinajstić information content (AvgIpc) is 3.08. The molecule has 4 aliphatic carbocycles. The summed E-state index contributed by atoms with van der Waals surface area (Å²) in [6.07, 6.45) is 3.98. The number of halogens is 3. The van der Waals surface area contributed by atoms with Crippen molar-refractivity contribution in [3.63, 3.8) is 0 Å². The molecule has 6 rings (SSSR count). The molecule has 0 N–H and O–H groups in total. The van der Waals surface area contributed by atoms with Crippen molar-refractivity contribution in [3.8, 4) is 5.88 Å². The van der Waals surface area contributed by atoms with Crippen molar-refractivity contribution in [1.29, 1.82) is 0 Å². The first kappa shape index (κ1) is 18.3. The molecule has 1 unspecified atom stereocenters. The number of hydrogen-bond donors (Lipinski definition) is 0. The molecule has 28 heavy (non-hydrogen) atoms. The van der Waals surface area contributed by atoms with Crippen molar-refractivity contribution in [2.75, 3.05) is 13.1 Å². The van der Waals surface area contributed by atoms with Gasteiger partial charge in [0.2, 0.25) is 11.8 Å². The second kappa shape index (κ2) is 6.36. The molecule has 0 spiro atoms. The second-order valence-corrected chi connectivity index (χ2v) is 9.36. The van der Waals surface area contributed by atoms with Gasteiger partial charge in [0.1, 0.15) is 6.10 Å². The van der Waals surface area contributed by atoms with Gasteiger partial charge in [-0.25, -0.2) is 4.98 Å². The van der Waals surface area contributed by atoms with Crippen LogP contribution in [0.3, 0.4) is 0 Å². The van der Waals surface area contributed by atoms with E-state index in [1.54, 1.807) is 0 Å². The minimum atomic E-state index is -4.42. The summed E-state index contributed by atoms with van der Waals surface area (Å²) >= 11 is 0. The van der Waals surface area contributed by atoms with Gasteiger partial charge in [0, 0.05) is 25.2 Å². The van der Waals surface area contributed by atoms with Gasteiger partial charge in [-0.05, 0) is 62.3 Å². The van der Waals surface area contributed by atoms with Gasteiger partial charge in [0.15, 0.2) is 0 Å². The molecular weight excluding hydrogens is 369 g/mol. The Hall–Kier alpha value is -1.79. The minimum absolute atomic E-state index is 0.0241. The Morgan fingerprint density at radius 2 is 1.79 bits per heavy atom. The van der Waals surface area contributed by atoms with Gasteiger partial charge in [-0.1, -0.05) is 0 Å². The van der Waals surface area contributed by atoms with Gasteiger partial charge in [0.05, 0.1) is 17.5 Å². The number of aromatic nitrogens is 1. The molecule has 5 fully saturated rings. The highest BCUT2D eigenvalue weighted by molar-refractivity contribution is 5.83. The van der Waals surface area contributed by atoms with Crippen LogP contribution in [0, 0.1) is 23.2 Å². The fourth-order valence-electron chi connectivity index (χ4n) is 6.54. The highest BCUT2D eigenvalue weighted by Gasteiger charge is 2.56. The first-order valence-corrected chi connectivity index (χ1v) is 10.3. The second-order valence-electron chi connectivity index (χ2n) is 9.36. The number of ether oxygens (including phenoxy) is 1. The molecule has 1 aliphatic heterocycles. The number of rotatable bonds is 3. The van der Waals surface area contributed by atoms with Crippen LogP contribution >= 0.6 is 0 Å². The maximum Gasteiger partial charge on any atom is 0.416 e. The Morgan fingerprint density at radius 1 is 1.14 bits per heavy atom. The summed E-state index contributed by atoms with van der Waals surface area (Å²) in [6.45, 7) is 1.06. The smallest absolute Gasteiger partial charge is 0.416 e. The zero-order valence-electron chi connectivity index (χ0n) is 15.8. The van der Waals surface area contributed by atoms with Crippen LogP contribution in [0.4, 0.5) is 13.2 Å². The topological polar surface area (TPSA) is 42.4 Å². The van der Waals surface area contributed by atoms with E-state index in [0.717, 1.165) is 37.6 Å². The number of likely N-dealkylation sites (tertiary alicyclic amines) is 1. The Balaban J connectivity index is 1.25. The molecule has 4 saturated carbocycles. The molecule has 2 heterocycles. The Morgan fingerprint density at radius 3 is 2.39 bits per heavy atom. The number of pyridine rings is 1. The SMILES string of the molecule is O=C(N1CCC(Oc2cc(C(F)(F)F)ccn2)C1)C12CC3CC(CC(C3)C1)C2. The summed E-state index contributed by atoms with van der Waals surface area (Å²) in [5.41, 5.74) is -0.949. The summed E-state index contributed by atoms with van der Waals surface area (Å²) in [5, 5.41) is 0. The molecule has 7 heteroatoms. The molecule has 1 aromatic heterocycles. The molecule has 5 aliphatic rings. The first-order chi connectivity index (χ1) is 13.3. The Labute approximate surface area is 162 Å². The Bertz CT molecular complexity index is 744. The lowest BCUT2D eigenvalue weighted by Gasteiger charge is -2.56. The van der Waals surface area contributed by atoms with E-state index < -0.39 is 11.7 Å². The lowest BCUT2D eigenvalue weighted by molar-refractivity contribution is -0.156. The van der Waals surface area contributed by atoms with Crippen LogP contribution < -0.4 is 4.74 Å². The van der Waals surface area contributed by atoms with Gasteiger partial charge >= 0.3 is 6.18 Å². The number of nitrogens with zero attached hydrogens (tertiary/aromatic N) is 2. The highest BCUT2D eigenvalue weighted by atomic mass is 19.4. The fourth-order valence-corrected chi connectivity index (χ4v) is 6.54. The zero-order chi connectivity index (χ0) is 19.5. The fraction of sp³-hybridized carbons (Fsp3) is 0.714. The van der Waals surface area contributed by atoms with Gasteiger partial charge in [0.25, 0.3) is 0 Å². The van der Waals surface area contributed by atoms with Crippen LogP contribution in [0.15, 0.2) is 18.3 Å². The first-order valence-electron chi connectivity index (χ1n) is 10.3. The van der Waals surface area contributed by atoms with Gasteiger partial charge in [-0.15, -0.1) is 0 Å². The van der Waals surface area contributed by atoms with E-state index in [4.69, 9.17) is 4.74 Å². The average molecular weight is 394 g/mol. The van der Waals surface area contributed by atoms with Crippen LogP contribution in [0.2, 0.25) is 0 Å². The maximum absolute atomic E-state index is 13.4. The summed E-state index contributed by atoms with van der Waals surface area (Å²) in [4.78, 5) is 19.2. The molecule has 1 amide bonds.